The largest absolute Gasteiger partial charge is 0.479 e. The van der Waals surface area contributed by atoms with E-state index in [0.29, 0.717) is 17.2 Å². The minimum absolute atomic E-state index is 0.0737. The zero-order valence-corrected chi connectivity index (χ0v) is 16.0. The van der Waals surface area contributed by atoms with Crippen LogP contribution < -0.4 is 5.32 Å². The van der Waals surface area contributed by atoms with Crippen LogP contribution in [0.2, 0.25) is 0 Å². The Labute approximate surface area is 166 Å². The molecule has 8 heteroatoms. The number of carboxylic acids is 1. The quantitative estimate of drug-likeness (QED) is 0.656. The summed E-state index contributed by atoms with van der Waals surface area (Å²) in [5.41, 5.74) is 1.03. The van der Waals surface area contributed by atoms with Gasteiger partial charge in [-0.25, -0.2) is 4.79 Å². The van der Waals surface area contributed by atoms with Crippen molar-refractivity contribution in [3.63, 3.8) is 0 Å². The predicted octanol–water partition coefficient (Wildman–Crippen LogP) is 1.97. The van der Waals surface area contributed by atoms with Crippen LogP contribution in [0.1, 0.15) is 5.56 Å². The van der Waals surface area contributed by atoms with E-state index in [1.807, 2.05) is 30.3 Å². The molecule has 0 aromatic heterocycles. The van der Waals surface area contributed by atoms with E-state index in [1.54, 1.807) is 18.2 Å². The number of allylic oxidation sites excluding steroid dienone is 2. The normalized spacial score (nSPS) is 20.1. The molecule has 0 fully saturated rings. The second-order valence-electron chi connectivity index (χ2n) is 5.97. The maximum absolute atomic E-state index is 12.9. The van der Waals surface area contributed by atoms with Crippen LogP contribution in [0.3, 0.4) is 0 Å². The van der Waals surface area contributed by atoms with Gasteiger partial charge in [0.25, 0.3) is 5.91 Å². The number of carbonyl (C=O) groups is 3. The van der Waals surface area contributed by atoms with E-state index in [-0.39, 0.29) is 5.70 Å². The van der Waals surface area contributed by atoms with Crippen LogP contribution in [0.25, 0.3) is 0 Å². The third-order valence-corrected chi connectivity index (χ3v) is 5.48. The standard InChI is InChI=1S/C19H18N2O4S2/c22-17(15(26)11-12-5-2-1-3-6-12)20-13-9-10-27-16-8-4-7-14(19(24)25)21(16)18(13)23/h1-9,14-15,26H,10-11H2,(H,20,22)(H,24,25). The molecule has 2 N–H and O–H groups in total. The molecular formula is C19H18N2O4S2. The summed E-state index contributed by atoms with van der Waals surface area (Å²) in [6.45, 7) is 0. The lowest BCUT2D eigenvalue weighted by molar-refractivity contribution is -0.145. The highest BCUT2D eigenvalue weighted by Gasteiger charge is 2.36. The number of thiol groups is 1. The SMILES string of the molecule is O=C(NC1=CCSC2=CC=CC(C(=O)O)N2C1=O)C(S)Cc1ccccc1. The van der Waals surface area contributed by atoms with Crippen LogP contribution in [-0.2, 0) is 20.8 Å². The van der Waals surface area contributed by atoms with Gasteiger partial charge in [0.15, 0.2) is 6.04 Å². The molecule has 1 aromatic carbocycles. The van der Waals surface area contributed by atoms with E-state index in [2.05, 4.69) is 17.9 Å². The molecule has 6 nitrogen and oxygen atoms in total. The smallest absolute Gasteiger partial charge is 0.330 e. The maximum atomic E-state index is 12.9. The van der Waals surface area contributed by atoms with Gasteiger partial charge >= 0.3 is 5.97 Å². The predicted molar refractivity (Wildman–Crippen MR) is 107 cm³/mol. The van der Waals surface area contributed by atoms with Gasteiger partial charge in [0.05, 0.1) is 10.3 Å². The third kappa shape index (κ3) is 4.45. The number of fused-ring (bicyclic) bond motifs is 1. The highest BCUT2D eigenvalue weighted by molar-refractivity contribution is 8.03. The number of carboxylic acid groups (broad SMARTS) is 1. The summed E-state index contributed by atoms with van der Waals surface area (Å²) in [5, 5.41) is 11.9. The van der Waals surface area contributed by atoms with Gasteiger partial charge in [-0.05, 0) is 24.1 Å². The first-order chi connectivity index (χ1) is 13.0. The van der Waals surface area contributed by atoms with Gasteiger partial charge in [-0.3, -0.25) is 14.5 Å². The lowest BCUT2D eigenvalue weighted by atomic mass is 10.1. The van der Waals surface area contributed by atoms with Gasteiger partial charge in [0.2, 0.25) is 5.91 Å². The van der Waals surface area contributed by atoms with Crippen molar-refractivity contribution in [1.82, 2.24) is 10.2 Å². The number of rotatable bonds is 5. The molecule has 0 aliphatic carbocycles. The second-order valence-corrected chi connectivity index (χ2v) is 7.64. The zero-order valence-electron chi connectivity index (χ0n) is 14.2. The Bertz CT molecular complexity index is 849. The van der Waals surface area contributed by atoms with Crippen LogP contribution in [0.4, 0.5) is 0 Å². The van der Waals surface area contributed by atoms with Crippen molar-refractivity contribution in [1.29, 1.82) is 0 Å². The number of aliphatic carboxylic acids is 1. The van der Waals surface area contributed by atoms with E-state index in [1.165, 1.54) is 22.7 Å². The van der Waals surface area contributed by atoms with Crippen molar-refractivity contribution < 1.29 is 19.5 Å². The van der Waals surface area contributed by atoms with Crippen LogP contribution in [0.5, 0.6) is 0 Å². The molecule has 2 heterocycles. The minimum Gasteiger partial charge on any atom is -0.479 e. The van der Waals surface area contributed by atoms with Gasteiger partial charge in [-0.15, -0.1) is 11.8 Å². The highest BCUT2D eigenvalue weighted by atomic mass is 32.2. The van der Waals surface area contributed by atoms with Gasteiger partial charge in [0, 0.05) is 5.75 Å². The molecule has 2 aliphatic heterocycles. The van der Waals surface area contributed by atoms with Crippen LogP contribution in [0.15, 0.2) is 65.4 Å². The van der Waals surface area contributed by atoms with E-state index < -0.39 is 29.1 Å². The monoisotopic (exact) mass is 402 g/mol. The van der Waals surface area contributed by atoms with Gasteiger partial charge in [0.1, 0.15) is 5.70 Å². The van der Waals surface area contributed by atoms with E-state index in [0.717, 1.165) is 5.56 Å². The Hall–Kier alpha value is -2.45. The summed E-state index contributed by atoms with van der Waals surface area (Å²) in [4.78, 5) is 38.1. The molecule has 0 saturated carbocycles. The third-order valence-electron chi connectivity index (χ3n) is 4.10. The Balaban J connectivity index is 1.72. The molecular weight excluding hydrogens is 384 g/mol. The highest BCUT2D eigenvalue weighted by Crippen LogP contribution is 2.31. The number of nitrogens with zero attached hydrogens (tertiary/aromatic N) is 1. The first kappa shape index (κ1) is 19.3. The van der Waals surface area contributed by atoms with Crippen LogP contribution >= 0.6 is 24.4 Å². The molecule has 2 unspecified atom stereocenters. The lowest BCUT2D eigenvalue weighted by Gasteiger charge is -2.30. The fraction of sp³-hybridized carbons (Fsp3) is 0.211. The Kier molecular flexibility index (Phi) is 6.08. The lowest BCUT2D eigenvalue weighted by Crippen LogP contribution is -2.47. The molecule has 27 heavy (non-hydrogen) atoms. The van der Waals surface area contributed by atoms with Crippen LogP contribution in [-0.4, -0.2) is 44.8 Å². The second kappa shape index (κ2) is 8.49. The number of nitrogens with one attached hydrogen (secondary N) is 1. The van der Waals surface area contributed by atoms with E-state index >= 15 is 0 Å². The number of carbonyl (C=O) groups excluding carboxylic acids is 2. The van der Waals surface area contributed by atoms with Crippen molar-refractivity contribution in [3.05, 3.63) is 70.9 Å². The molecule has 2 aliphatic rings. The topological polar surface area (TPSA) is 86.7 Å². The molecule has 1 aromatic rings. The minimum atomic E-state index is -1.13. The summed E-state index contributed by atoms with van der Waals surface area (Å²) in [5.74, 6) is -1.63. The first-order valence-corrected chi connectivity index (χ1v) is 9.78. The van der Waals surface area contributed by atoms with E-state index in [9.17, 15) is 19.5 Å². The summed E-state index contributed by atoms with van der Waals surface area (Å²) in [7, 11) is 0. The zero-order chi connectivity index (χ0) is 19.4. The average Bonchev–Trinajstić information content (AvgIpc) is 2.81. The maximum Gasteiger partial charge on any atom is 0.330 e. The number of hydrogen-bond donors (Lipinski definition) is 3. The van der Waals surface area contributed by atoms with Crippen molar-refractivity contribution in [2.24, 2.45) is 0 Å². The number of hydrogen-bond acceptors (Lipinski definition) is 5. The number of amides is 2. The average molecular weight is 402 g/mol. The van der Waals surface area contributed by atoms with E-state index in [4.69, 9.17) is 0 Å². The number of benzene rings is 1. The summed E-state index contributed by atoms with van der Waals surface area (Å²) in [6.07, 6.45) is 6.77. The first-order valence-electron chi connectivity index (χ1n) is 8.28. The molecule has 2 amide bonds. The molecule has 0 radical (unpaired) electrons. The fourth-order valence-electron chi connectivity index (χ4n) is 2.76. The van der Waals surface area contributed by atoms with Crippen LogP contribution in [0, 0.1) is 0 Å². The van der Waals surface area contributed by atoms with Crippen molar-refractivity contribution in [2.75, 3.05) is 5.75 Å². The summed E-state index contributed by atoms with van der Waals surface area (Å²) >= 11 is 5.69. The number of thioether (sulfide) groups is 1. The van der Waals surface area contributed by atoms with Gasteiger partial charge in [-0.2, -0.15) is 12.6 Å². The fourth-order valence-corrected chi connectivity index (χ4v) is 3.97. The molecule has 3 rings (SSSR count). The van der Waals surface area contributed by atoms with Crippen molar-refractivity contribution in [2.45, 2.75) is 17.7 Å². The Morgan fingerprint density at radius 3 is 2.78 bits per heavy atom. The van der Waals surface area contributed by atoms with Crippen molar-refractivity contribution >= 4 is 42.2 Å². The summed E-state index contributed by atoms with van der Waals surface area (Å²) in [6, 6.07) is 8.36. The Morgan fingerprint density at radius 1 is 1.33 bits per heavy atom. The molecule has 0 saturated heterocycles. The van der Waals surface area contributed by atoms with Gasteiger partial charge in [-0.1, -0.05) is 42.5 Å². The van der Waals surface area contributed by atoms with Crippen molar-refractivity contribution in [3.8, 4) is 0 Å². The van der Waals surface area contributed by atoms with Gasteiger partial charge < -0.3 is 10.4 Å². The molecule has 0 spiro atoms. The summed E-state index contributed by atoms with van der Waals surface area (Å²) < 4.78 is 0. The Morgan fingerprint density at radius 2 is 2.07 bits per heavy atom. The molecule has 2 atom stereocenters. The molecule has 0 bridgehead atoms. The molecule has 140 valence electrons.